The molecule has 1 saturated heterocycles. The Kier molecular flexibility index (Phi) is 3.91. The standard InChI is InChI=1S/C19H17FN4O2/c1-12-10-14(20)2-3-15(12)17-18(25)22-6-9-24(17)19(26)13-4-7-23-8-5-21-16(23)11-13/h2-5,7-8,10-11,17H,6,9H2,1H3,(H,22,25)/t17-/m0/s1. The topological polar surface area (TPSA) is 66.7 Å². The lowest BCUT2D eigenvalue weighted by atomic mass is 9.97. The second-order valence-electron chi connectivity index (χ2n) is 6.30. The number of imidazole rings is 1. The summed E-state index contributed by atoms with van der Waals surface area (Å²) in [5.41, 5.74) is 2.38. The number of aromatic nitrogens is 2. The number of carbonyl (C=O) groups is 2. The maximum atomic E-state index is 13.5. The summed E-state index contributed by atoms with van der Waals surface area (Å²) in [5, 5.41) is 2.79. The molecule has 1 aliphatic rings. The van der Waals surface area contributed by atoms with Crippen LogP contribution in [0.25, 0.3) is 5.65 Å². The van der Waals surface area contributed by atoms with E-state index >= 15 is 0 Å². The number of hydrogen-bond acceptors (Lipinski definition) is 3. The van der Waals surface area contributed by atoms with Crippen LogP contribution in [-0.4, -0.2) is 39.2 Å². The van der Waals surface area contributed by atoms with Gasteiger partial charge >= 0.3 is 0 Å². The third-order valence-corrected chi connectivity index (χ3v) is 4.64. The average molecular weight is 352 g/mol. The molecular formula is C19H17FN4O2. The smallest absolute Gasteiger partial charge is 0.255 e. The van der Waals surface area contributed by atoms with E-state index in [1.807, 2.05) is 0 Å². The average Bonchev–Trinajstić information content (AvgIpc) is 3.09. The van der Waals surface area contributed by atoms with E-state index in [4.69, 9.17) is 0 Å². The van der Waals surface area contributed by atoms with Gasteiger partial charge in [-0.3, -0.25) is 9.59 Å². The number of aryl methyl sites for hydroxylation is 1. The molecule has 132 valence electrons. The van der Waals surface area contributed by atoms with Crippen molar-refractivity contribution in [1.82, 2.24) is 19.6 Å². The van der Waals surface area contributed by atoms with Crippen LogP contribution in [0, 0.1) is 12.7 Å². The van der Waals surface area contributed by atoms with E-state index in [0.717, 1.165) is 0 Å². The van der Waals surface area contributed by atoms with Gasteiger partial charge in [-0.25, -0.2) is 9.37 Å². The molecule has 0 unspecified atom stereocenters. The van der Waals surface area contributed by atoms with Crippen molar-refractivity contribution < 1.29 is 14.0 Å². The van der Waals surface area contributed by atoms with E-state index in [9.17, 15) is 14.0 Å². The van der Waals surface area contributed by atoms with Crippen molar-refractivity contribution in [2.75, 3.05) is 13.1 Å². The fourth-order valence-corrected chi connectivity index (χ4v) is 3.35. The zero-order valence-corrected chi connectivity index (χ0v) is 14.1. The first kappa shape index (κ1) is 16.3. The summed E-state index contributed by atoms with van der Waals surface area (Å²) in [4.78, 5) is 31.4. The number of piperazine rings is 1. The summed E-state index contributed by atoms with van der Waals surface area (Å²) in [6.07, 6.45) is 5.21. The molecule has 0 spiro atoms. The number of benzene rings is 1. The summed E-state index contributed by atoms with van der Waals surface area (Å²) in [7, 11) is 0. The molecule has 0 saturated carbocycles. The number of nitrogens with zero attached hydrogens (tertiary/aromatic N) is 3. The van der Waals surface area contributed by atoms with Gasteiger partial charge in [-0.15, -0.1) is 0 Å². The van der Waals surface area contributed by atoms with Gasteiger partial charge in [0.15, 0.2) is 0 Å². The normalized spacial score (nSPS) is 17.4. The highest BCUT2D eigenvalue weighted by molar-refractivity contribution is 5.99. The van der Waals surface area contributed by atoms with Gasteiger partial charge in [0.2, 0.25) is 5.91 Å². The van der Waals surface area contributed by atoms with Crippen LogP contribution in [0.4, 0.5) is 4.39 Å². The Morgan fingerprint density at radius 2 is 2.12 bits per heavy atom. The van der Waals surface area contributed by atoms with Crippen molar-refractivity contribution in [2.45, 2.75) is 13.0 Å². The molecule has 2 aromatic heterocycles. The molecule has 0 bridgehead atoms. The number of hydrogen-bond donors (Lipinski definition) is 1. The van der Waals surface area contributed by atoms with Crippen molar-refractivity contribution in [3.8, 4) is 0 Å². The van der Waals surface area contributed by atoms with E-state index in [2.05, 4.69) is 10.3 Å². The second kappa shape index (κ2) is 6.25. The minimum Gasteiger partial charge on any atom is -0.352 e. The van der Waals surface area contributed by atoms with E-state index < -0.39 is 6.04 Å². The Hall–Kier alpha value is -3.22. The first-order valence-corrected chi connectivity index (χ1v) is 8.32. The molecule has 2 amide bonds. The quantitative estimate of drug-likeness (QED) is 0.768. The second-order valence-corrected chi connectivity index (χ2v) is 6.30. The molecule has 0 radical (unpaired) electrons. The van der Waals surface area contributed by atoms with Gasteiger partial charge < -0.3 is 14.6 Å². The van der Waals surface area contributed by atoms with Crippen LogP contribution in [0.15, 0.2) is 48.9 Å². The van der Waals surface area contributed by atoms with Crippen LogP contribution in [0.3, 0.4) is 0 Å². The van der Waals surface area contributed by atoms with Crippen LogP contribution in [0.5, 0.6) is 0 Å². The van der Waals surface area contributed by atoms with Gasteiger partial charge in [0.25, 0.3) is 5.91 Å². The van der Waals surface area contributed by atoms with E-state index in [1.165, 1.54) is 17.0 Å². The molecular weight excluding hydrogens is 335 g/mol. The fourth-order valence-electron chi connectivity index (χ4n) is 3.35. The lowest BCUT2D eigenvalue weighted by molar-refractivity contribution is -0.128. The molecule has 1 aromatic carbocycles. The zero-order chi connectivity index (χ0) is 18.3. The lowest BCUT2D eigenvalue weighted by Crippen LogP contribution is -2.52. The van der Waals surface area contributed by atoms with Crippen LogP contribution in [0.1, 0.15) is 27.5 Å². The number of amides is 2. The maximum Gasteiger partial charge on any atom is 0.255 e. The maximum absolute atomic E-state index is 13.5. The summed E-state index contributed by atoms with van der Waals surface area (Å²) >= 11 is 0. The number of pyridine rings is 1. The molecule has 6 nitrogen and oxygen atoms in total. The van der Waals surface area contributed by atoms with Crippen molar-refractivity contribution >= 4 is 17.5 Å². The number of rotatable bonds is 2. The predicted molar refractivity (Wildman–Crippen MR) is 93.1 cm³/mol. The van der Waals surface area contributed by atoms with Gasteiger partial charge in [0, 0.05) is 37.2 Å². The van der Waals surface area contributed by atoms with Crippen LogP contribution < -0.4 is 5.32 Å². The van der Waals surface area contributed by atoms with Crippen LogP contribution in [-0.2, 0) is 4.79 Å². The Morgan fingerprint density at radius 3 is 2.92 bits per heavy atom. The lowest BCUT2D eigenvalue weighted by Gasteiger charge is -2.36. The fraction of sp³-hybridized carbons (Fsp3) is 0.211. The number of halogens is 1. The summed E-state index contributed by atoms with van der Waals surface area (Å²) in [6, 6.07) is 6.87. The van der Waals surface area contributed by atoms with Gasteiger partial charge in [-0.05, 0) is 42.3 Å². The molecule has 1 fully saturated rings. The molecule has 3 heterocycles. The molecule has 26 heavy (non-hydrogen) atoms. The first-order chi connectivity index (χ1) is 12.5. The SMILES string of the molecule is Cc1cc(F)ccc1[C@H]1C(=O)NCCN1C(=O)c1ccn2ccnc2c1. The van der Waals surface area contributed by atoms with Crippen molar-refractivity contribution in [2.24, 2.45) is 0 Å². The Labute approximate surface area is 149 Å². The van der Waals surface area contributed by atoms with E-state index in [0.29, 0.717) is 35.4 Å². The molecule has 0 aliphatic carbocycles. The highest BCUT2D eigenvalue weighted by Crippen LogP contribution is 2.28. The summed E-state index contributed by atoms with van der Waals surface area (Å²) in [5.74, 6) is -0.884. The molecule has 1 N–H and O–H groups in total. The molecule has 7 heteroatoms. The van der Waals surface area contributed by atoms with Crippen molar-refractivity contribution in [1.29, 1.82) is 0 Å². The van der Waals surface area contributed by atoms with Gasteiger partial charge in [0.05, 0.1) is 0 Å². The molecule has 1 aliphatic heterocycles. The molecule has 3 aromatic rings. The van der Waals surface area contributed by atoms with Crippen LogP contribution >= 0.6 is 0 Å². The molecule has 1 atom stereocenters. The summed E-state index contributed by atoms with van der Waals surface area (Å²) < 4.78 is 15.3. The highest BCUT2D eigenvalue weighted by Gasteiger charge is 2.35. The van der Waals surface area contributed by atoms with Crippen molar-refractivity contribution in [3.05, 3.63) is 71.4 Å². The Bertz CT molecular complexity index is 1010. The zero-order valence-electron chi connectivity index (χ0n) is 14.1. The third kappa shape index (κ3) is 2.71. The monoisotopic (exact) mass is 352 g/mol. The summed E-state index contributed by atoms with van der Waals surface area (Å²) in [6.45, 7) is 2.50. The van der Waals surface area contributed by atoms with Gasteiger partial charge in [-0.1, -0.05) is 6.07 Å². The third-order valence-electron chi connectivity index (χ3n) is 4.64. The minimum atomic E-state index is -0.784. The minimum absolute atomic E-state index is 0.251. The highest BCUT2D eigenvalue weighted by atomic mass is 19.1. The first-order valence-electron chi connectivity index (χ1n) is 8.32. The molecule has 4 rings (SSSR count). The van der Waals surface area contributed by atoms with E-state index in [-0.39, 0.29) is 17.6 Å². The number of carbonyl (C=O) groups excluding carboxylic acids is 2. The van der Waals surface area contributed by atoms with Crippen LogP contribution in [0.2, 0.25) is 0 Å². The van der Waals surface area contributed by atoms with Gasteiger partial charge in [-0.2, -0.15) is 0 Å². The Balaban J connectivity index is 1.74. The Morgan fingerprint density at radius 1 is 1.27 bits per heavy atom. The number of nitrogens with one attached hydrogen (secondary N) is 1. The number of fused-ring (bicyclic) bond motifs is 1. The largest absolute Gasteiger partial charge is 0.352 e. The van der Waals surface area contributed by atoms with Gasteiger partial charge in [0.1, 0.15) is 17.5 Å². The van der Waals surface area contributed by atoms with E-state index in [1.54, 1.807) is 48.1 Å². The predicted octanol–water partition coefficient (Wildman–Crippen LogP) is 2.10. The van der Waals surface area contributed by atoms with Crippen molar-refractivity contribution in [3.63, 3.8) is 0 Å².